The van der Waals surface area contributed by atoms with Gasteiger partial charge in [-0.3, -0.25) is 4.79 Å². The van der Waals surface area contributed by atoms with Crippen molar-refractivity contribution in [2.75, 3.05) is 6.26 Å². The Hall–Kier alpha value is -2.64. The van der Waals surface area contributed by atoms with Crippen LogP contribution < -0.4 is 4.57 Å². The molecule has 0 saturated carbocycles. The maximum absolute atomic E-state index is 12.4. The number of hydrogen-bond donors (Lipinski definition) is 2. The first-order valence-corrected chi connectivity index (χ1v) is 11.3. The number of pyridine rings is 1. The first-order chi connectivity index (χ1) is 14.4. The number of fused-ring (bicyclic) bond motifs is 1. The summed E-state index contributed by atoms with van der Waals surface area (Å²) in [4.78, 5) is 25.6. The predicted molar refractivity (Wildman–Crippen MR) is 114 cm³/mol. The Kier molecular flexibility index (Phi) is 5.66. The van der Waals surface area contributed by atoms with Crippen molar-refractivity contribution < 1.29 is 24.4 Å². The number of nitrogens with zero attached hydrogens (tertiary/aromatic N) is 2. The molecule has 156 valence electrons. The van der Waals surface area contributed by atoms with Crippen LogP contribution in [0.4, 0.5) is 0 Å². The molecule has 0 bridgehead atoms. The SMILES string of the molecule is CSCc1ccc[n+](Cc2ccc(C3=C(C(=O)O)N4C(=O)[C@H]([C@@H](C)O)[C@H]4C3)cc2)c1. The van der Waals surface area contributed by atoms with Gasteiger partial charge in [-0.15, -0.1) is 0 Å². The molecular formula is C23H25N2O4S+. The Morgan fingerprint density at radius 2 is 2.00 bits per heavy atom. The molecule has 0 unspecified atom stereocenters. The van der Waals surface area contributed by atoms with E-state index in [4.69, 9.17) is 0 Å². The fourth-order valence-corrected chi connectivity index (χ4v) is 4.98. The van der Waals surface area contributed by atoms with Crippen LogP contribution in [0.2, 0.25) is 0 Å². The third kappa shape index (κ3) is 3.63. The molecule has 2 aliphatic heterocycles. The van der Waals surface area contributed by atoms with Gasteiger partial charge in [0, 0.05) is 22.9 Å². The van der Waals surface area contributed by atoms with Gasteiger partial charge in [0.25, 0.3) is 0 Å². The summed E-state index contributed by atoms with van der Waals surface area (Å²) in [6.07, 6.45) is 5.92. The minimum atomic E-state index is -1.10. The van der Waals surface area contributed by atoms with E-state index in [-0.39, 0.29) is 17.6 Å². The van der Waals surface area contributed by atoms with E-state index in [0.717, 1.165) is 23.4 Å². The number of aromatic nitrogens is 1. The largest absolute Gasteiger partial charge is 0.477 e. The Morgan fingerprint density at radius 1 is 1.27 bits per heavy atom. The van der Waals surface area contributed by atoms with Crippen LogP contribution in [-0.2, 0) is 21.9 Å². The minimum Gasteiger partial charge on any atom is -0.477 e. The second kappa shape index (κ2) is 8.24. The van der Waals surface area contributed by atoms with Crippen molar-refractivity contribution in [3.63, 3.8) is 0 Å². The summed E-state index contributed by atoms with van der Waals surface area (Å²) in [5.41, 5.74) is 3.90. The van der Waals surface area contributed by atoms with E-state index in [1.807, 2.05) is 36.5 Å². The van der Waals surface area contributed by atoms with E-state index in [0.29, 0.717) is 12.0 Å². The Bertz CT molecular complexity index is 1020. The summed E-state index contributed by atoms with van der Waals surface area (Å²) < 4.78 is 2.13. The topological polar surface area (TPSA) is 81.7 Å². The van der Waals surface area contributed by atoms with Gasteiger partial charge >= 0.3 is 5.97 Å². The van der Waals surface area contributed by atoms with Crippen LogP contribution in [0.15, 0.2) is 54.5 Å². The lowest BCUT2D eigenvalue weighted by Gasteiger charge is -2.44. The van der Waals surface area contributed by atoms with E-state index >= 15 is 0 Å². The molecule has 2 N–H and O–H groups in total. The number of hydrogen-bond acceptors (Lipinski definition) is 4. The summed E-state index contributed by atoms with van der Waals surface area (Å²) in [5.74, 6) is -0.966. The maximum Gasteiger partial charge on any atom is 0.352 e. The van der Waals surface area contributed by atoms with E-state index in [9.17, 15) is 19.8 Å². The molecular weight excluding hydrogens is 400 g/mol. The zero-order valence-corrected chi connectivity index (χ0v) is 17.8. The number of benzene rings is 1. The van der Waals surface area contributed by atoms with Gasteiger partial charge < -0.3 is 15.1 Å². The minimum absolute atomic E-state index is 0.0498. The van der Waals surface area contributed by atoms with Crippen LogP contribution in [0.1, 0.15) is 30.0 Å². The number of amides is 1. The third-order valence-electron chi connectivity index (χ3n) is 5.83. The summed E-state index contributed by atoms with van der Waals surface area (Å²) in [5, 5.41) is 19.6. The number of carboxylic acid groups (broad SMARTS) is 1. The number of aliphatic hydroxyl groups is 1. The first kappa shape index (κ1) is 20.6. The van der Waals surface area contributed by atoms with Crippen molar-refractivity contribution in [2.45, 2.75) is 37.8 Å². The lowest BCUT2D eigenvalue weighted by Crippen LogP contribution is -2.61. The Balaban J connectivity index is 1.56. The highest BCUT2D eigenvalue weighted by Gasteiger charge is 2.56. The van der Waals surface area contributed by atoms with E-state index in [1.54, 1.807) is 18.7 Å². The predicted octanol–water partition coefficient (Wildman–Crippen LogP) is 2.29. The highest BCUT2D eigenvalue weighted by Crippen LogP contribution is 2.46. The first-order valence-electron chi connectivity index (χ1n) is 9.94. The summed E-state index contributed by atoms with van der Waals surface area (Å²) in [6.45, 7) is 2.31. The average Bonchev–Trinajstić information content (AvgIpc) is 3.04. The second-order valence-corrected chi connectivity index (χ2v) is 8.76. The van der Waals surface area contributed by atoms with Gasteiger partial charge in [-0.1, -0.05) is 24.3 Å². The summed E-state index contributed by atoms with van der Waals surface area (Å²) in [6, 6.07) is 11.7. The number of carbonyl (C=O) groups excluding carboxylic acids is 1. The molecule has 2 aromatic rings. The molecule has 0 spiro atoms. The molecule has 2 aliphatic rings. The number of carboxylic acids is 1. The monoisotopic (exact) mass is 425 g/mol. The molecule has 1 aromatic heterocycles. The quantitative estimate of drug-likeness (QED) is 0.526. The molecule has 4 rings (SSSR count). The normalized spacial score (nSPS) is 21.4. The lowest BCUT2D eigenvalue weighted by molar-refractivity contribution is -0.688. The van der Waals surface area contributed by atoms with Crippen molar-refractivity contribution in [3.05, 3.63) is 71.2 Å². The Morgan fingerprint density at radius 3 is 2.63 bits per heavy atom. The van der Waals surface area contributed by atoms with Crippen molar-refractivity contribution in [2.24, 2.45) is 5.92 Å². The van der Waals surface area contributed by atoms with Crippen LogP contribution in [0.25, 0.3) is 5.57 Å². The van der Waals surface area contributed by atoms with Crippen LogP contribution in [-0.4, -0.2) is 45.4 Å². The highest BCUT2D eigenvalue weighted by molar-refractivity contribution is 7.97. The molecule has 0 radical (unpaired) electrons. The molecule has 30 heavy (non-hydrogen) atoms. The number of thioether (sulfide) groups is 1. The zero-order chi connectivity index (χ0) is 21.4. The lowest BCUT2D eigenvalue weighted by atomic mass is 9.82. The smallest absolute Gasteiger partial charge is 0.352 e. The molecule has 3 heterocycles. The van der Waals surface area contributed by atoms with Gasteiger partial charge in [-0.2, -0.15) is 11.8 Å². The zero-order valence-electron chi connectivity index (χ0n) is 17.0. The van der Waals surface area contributed by atoms with Gasteiger partial charge in [-0.05, 0) is 36.8 Å². The highest BCUT2D eigenvalue weighted by atomic mass is 32.2. The summed E-state index contributed by atoms with van der Waals surface area (Å²) in [7, 11) is 0. The molecule has 3 atom stereocenters. The van der Waals surface area contributed by atoms with Gasteiger partial charge in [0.1, 0.15) is 5.70 Å². The number of aliphatic carboxylic acids is 1. The Labute approximate surface area is 179 Å². The van der Waals surface area contributed by atoms with Gasteiger partial charge in [0.15, 0.2) is 18.9 Å². The third-order valence-corrected chi connectivity index (χ3v) is 6.45. The van der Waals surface area contributed by atoms with Gasteiger partial charge in [0.2, 0.25) is 5.91 Å². The molecule has 7 heteroatoms. The second-order valence-electron chi connectivity index (χ2n) is 7.89. The van der Waals surface area contributed by atoms with E-state index in [2.05, 4.69) is 23.1 Å². The van der Waals surface area contributed by atoms with Crippen LogP contribution in [0.3, 0.4) is 0 Å². The molecule has 1 saturated heterocycles. The van der Waals surface area contributed by atoms with Crippen LogP contribution >= 0.6 is 11.8 Å². The number of aliphatic hydroxyl groups excluding tert-OH is 1. The van der Waals surface area contributed by atoms with Crippen molar-refractivity contribution in [3.8, 4) is 0 Å². The van der Waals surface area contributed by atoms with Crippen LogP contribution in [0, 0.1) is 5.92 Å². The molecule has 1 aromatic carbocycles. The maximum atomic E-state index is 12.4. The van der Waals surface area contributed by atoms with Gasteiger partial charge in [-0.25, -0.2) is 9.36 Å². The fourth-order valence-electron chi connectivity index (χ4n) is 4.48. The number of β-lactam (4-membered cyclic amide) rings is 1. The standard InChI is InChI=1S/C23H24N2O4S/c1-14(26)20-19-10-18(21(23(28)29)25(19)22(20)27)17-7-5-15(6-8-17)11-24-9-3-4-16(12-24)13-30-2/h3-9,12,14,19-20,26H,10-11,13H2,1-2H3/p+1/t14-,19-,20-/m1/s1. The van der Waals surface area contributed by atoms with E-state index in [1.165, 1.54) is 10.5 Å². The molecule has 0 aliphatic carbocycles. The van der Waals surface area contributed by atoms with Crippen molar-refractivity contribution in [1.82, 2.24) is 4.90 Å². The van der Waals surface area contributed by atoms with Crippen molar-refractivity contribution >= 4 is 29.2 Å². The fraction of sp³-hybridized carbons (Fsp3) is 0.348. The summed E-state index contributed by atoms with van der Waals surface area (Å²) >= 11 is 1.79. The van der Waals surface area contributed by atoms with Gasteiger partial charge in [0.05, 0.1) is 18.1 Å². The van der Waals surface area contributed by atoms with E-state index < -0.39 is 18.0 Å². The number of rotatable bonds is 7. The van der Waals surface area contributed by atoms with Crippen LogP contribution in [0.5, 0.6) is 0 Å². The van der Waals surface area contributed by atoms with Crippen molar-refractivity contribution in [1.29, 1.82) is 0 Å². The number of carbonyl (C=O) groups is 2. The molecule has 1 fully saturated rings. The molecule has 1 amide bonds. The molecule has 6 nitrogen and oxygen atoms in total. The average molecular weight is 426 g/mol.